The van der Waals surface area contributed by atoms with E-state index in [-0.39, 0.29) is 0 Å². The highest BCUT2D eigenvalue weighted by Crippen LogP contribution is 2.48. The van der Waals surface area contributed by atoms with E-state index in [1.807, 2.05) is 19.3 Å². The molecule has 1 spiro atoms. The molecule has 0 atom stereocenters. The Morgan fingerprint density at radius 1 is 0.951 bits per heavy atom. The number of imidazole rings is 1. The minimum Gasteiger partial charge on any atom is -0.361 e. The summed E-state index contributed by atoms with van der Waals surface area (Å²) in [5.74, 6) is 0. The first-order chi connectivity index (χ1) is 19.8. The van der Waals surface area contributed by atoms with Crippen LogP contribution in [-0.4, -0.2) is 34.2 Å². The van der Waals surface area contributed by atoms with E-state index in [0.29, 0.717) is 12.1 Å². The number of rotatable bonds is 8. The summed E-state index contributed by atoms with van der Waals surface area (Å²) in [5.41, 5.74) is 9.23. The molecule has 41 heavy (non-hydrogen) atoms. The fraction of sp³-hybridized carbons (Fsp3) is 0.457. The lowest BCUT2D eigenvalue weighted by molar-refractivity contribution is 0.0881. The smallest absolute Gasteiger partial charge is 0.124 e. The second-order valence-corrected chi connectivity index (χ2v) is 19.2. The monoisotopic (exact) mass is 564 g/mol. The molecule has 214 valence electrons. The summed E-state index contributed by atoms with van der Waals surface area (Å²) in [6, 6.07) is 16.2. The van der Waals surface area contributed by atoms with Gasteiger partial charge in [-0.25, -0.2) is 4.98 Å². The van der Waals surface area contributed by atoms with Crippen molar-refractivity contribution < 1.29 is 4.74 Å². The van der Waals surface area contributed by atoms with Crippen LogP contribution in [0.5, 0.6) is 0 Å². The molecule has 0 radical (unpaired) electrons. The van der Waals surface area contributed by atoms with Crippen LogP contribution in [0, 0.1) is 12.3 Å². The molecule has 1 saturated carbocycles. The van der Waals surface area contributed by atoms with Crippen LogP contribution in [-0.2, 0) is 11.5 Å². The summed E-state index contributed by atoms with van der Waals surface area (Å²) < 4.78 is 8.25. The molecular weight excluding hydrogens is 520 g/mol. The average molecular weight is 565 g/mol. The number of pyridine rings is 2. The lowest BCUT2D eigenvalue weighted by Gasteiger charge is -2.39. The molecule has 2 aliphatic carbocycles. The predicted octanol–water partition coefficient (Wildman–Crippen LogP) is 9.30. The molecule has 6 heteroatoms. The quantitative estimate of drug-likeness (QED) is 0.158. The molecule has 6 rings (SSSR count). The summed E-state index contributed by atoms with van der Waals surface area (Å²) in [7, 11) is -1.15. The van der Waals surface area contributed by atoms with Gasteiger partial charge in [-0.15, -0.1) is 0 Å². The minimum atomic E-state index is -1.15. The molecule has 3 aromatic heterocycles. The maximum atomic E-state index is 6.15. The van der Waals surface area contributed by atoms with E-state index in [2.05, 4.69) is 72.9 Å². The zero-order valence-electron chi connectivity index (χ0n) is 25.2. The molecule has 0 bridgehead atoms. The minimum absolute atomic E-state index is 0.470. The van der Waals surface area contributed by atoms with E-state index in [1.165, 1.54) is 56.1 Å². The van der Waals surface area contributed by atoms with Gasteiger partial charge in [0, 0.05) is 37.5 Å². The van der Waals surface area contributed by atoms with Crippen LogP contribution in [0.4, 0.5) is 0 Å². The third kappa shape index (κ3) is 6.39. The number of hydrogen-bond donors (Lipinski definition) is 0. The number of aryl methyl sites for hydroxylation is 1. The van der Waals surface area contributed by atoms with Gasteiger partial charge < -0.3 is 9.30 Å². The lowest BCUT2D eigenvalue weighted by Crippen LogP contribution is -2.25. The molecule has 3 heterocycles. The molecule has 5 nitrogen and oxygen atoms in total. The van der Waals surface area contributed by atoms with Crippen molar-refractivity contribution in [2.75, 3.05) is 6.61 Å². The topological polar surface area (TPSA) is 52.8 Å². The SMILES string of the molecule is Cc1cccc(-c2c(-c3ccc4ncc(C5=CCC6(CCCCC6)CC5)cc4c3)ncn2COCC[Si](C)(C)C)n1. The van der Waals surface area contributed by atoms with Crippen LogP contribution < -0.4 is 0 Å². The summed E-state index contributed by atoms with van der Waals surface area (Å²) >= 11 is 0. The fourth-order valence-corrected chi connectivity index (χ4v) is 7.35. The van der Waals surface area contributed by atoms with Crippen molar-refractivity contribution in [1.82, 2.24) is 19.5 Å². The first-order valence-electron chi connectivity index (χ1n) is 15.5. The van der Waals surface area contributed by atoms with E-state index < -0.39 is 8.07 Å². The van der Waals surface area contributed by atoms with Gasteiger partial charge in [-0.05, 0) is 92.0 Å². The molecule has 0 amide bonds. The Morgan fingerprint density at radius 2 is 1.78 bits per heavy atom. The molecule has 1 fully saturated rings. The standard InChI is InChI=1S/C35H44N4OSi/c1-26-9-8-10-32(38-26)34-33(37-24-39(34)25-40-19-20-41(2,3)4)28-11-12-31-29(21-28)22-30(23-36-31)27-13-17-35(18-14-27)15-6-5-7-16-35/h8-13,21-24H,5-7,14-20,25H2,1-4H3. The van der Waals surface area contributed by atoms with E-state index in [4.69, 9.17) is 19.7 Å². The number of aromatic nitrogens is 4. The Hall–Kier alpha value is -3.09. The molecule has 1 aromatic carbocycles. The summed E-state index contributed by atoms with van der Waals surface area (Å²) in [5, 5.41) is 1.16. The number of hydrogen-bond acceptors (Lipinski definition) is 4. The van der Waals surface area contributed by atoms with Crippen molar-refractivity contribution in [3.05, 3.63) is 72.3 Å². The largest absolute Gasteiger partial charge is 0.361 e. The molecule has 4 aromatic rings. The highest BCUT2D eigenvalue weighted by Gasteiger charge is 2.33. The molecule has 0 aliphatic heterocycles. The summed E-state index contributed by atoms with van der Waals surface area (Å²) in [6.07, 6.45) is 17.2. The van der Waals surface area contributed by atoms with Crippen molar-refractivity contribution in [3.63, 3.8) is 0 Å². The van der Waals surface area contributed by atoms with Crippen LogP contribution in [0.25, 0.3) is 39.1 Å². The zero-order chi connectivity index (χ0) is 28.5. The maximum Gasteiger partial charge on any atom is 0.124 e. The van der Waals surface area contributed by atoms with Crippen molar-refractivity contribution in [3.8, 4) is 22.6 Å². The fourth-order valence-electron chi connectivity index (χ4n) is 6.59. The Balaban J connectivity index is 1.31. The van der Waals surface area contributed by atoms with Gasteiger partial charge in [0.25, 0.3) is 0 Å². The van der Waals surface area contributed by atoms with Crippen molar-refractivity contribution >= 4 is 24.5 Å². The first-order valence-corrected chi connectivity index (χ1v) is 19.2. The molecular formula is C35H44N4OSi. The molecule has 2 aliphatic rings. The van der Waals surface area contributed by atoms with Crippen molar-refractivity contribution in [2.45, 2.75) is 90.7 Å². The lowest BCUT2D eigenvalue weighted by atomic mass is 9.66. The average Bonchev–Trinajstić information content (AvgIpc) is 3.39. The van der Waals surface area contributed by atoms with Gasteiger partial charge in [0.15, 0.2) is 0 Å². The van der Waals surface area contributed by atoms with E-state index in [9.17, 15) is 0 Å². The third-order valence-corrected chi connectivity index (χ3v) is 10.8. The second-order valence-electron chi connectivity index (χ2n) is 13.5. The summed E-state index contributed by atoms with van der Waals surface area (Å²) in [6.45, 7) is 10.4. The van der Waals surface area contributed by atoms with Crippen LogP contribution in [0.2, 0.25) is 25.7 Å². The van der Waals surface area contributed by atoms with Gasteiger partial charge in [0.2, 0.25) is 0 Å². The van der Waals surface area contributed by atoms with E-state index in [1.54, 1.807) is 0 Å². The van der Waals surface area contributed by atoms with E-state index in [0.717, 1.165) is 58.3 Å². The van der Waals surface area contributed by atoms with E-state index >= 15 is 0 Å². The van der Waals surface area contributed by atoms with Crippen LogP contribution >= 0.6 is 0 Å². The Kier molecular flexibility index (Phi) is 7.97. The Bertz CT molecular complexity index is 1560. The highest BCUT2D eigenvalue weighted by molar-refractivity contribution is 6.76. The first kappa shape index (κ1) is 28.0. The van der Waals surface area contributed by atoms with Crippen LogP contribution in [0.1, 0.15) is 62.6 Å². The third-order valence-electron chi connectivity index (χ3n) is 9.14. The number of benzene rings is 1. The predicted molar refractivity (Wildman–Crippen MR) is 172 cm³/mol. The molecule has 0 saturated heterocycles. The number of ether oxygens (including phenoxy) is 1. The molecule has 0 N–H and O–H groups in total. The zero-order valence-corrected chi connectivity index (χ0v) is 26.2. The number of nitrogens with zero attached hydrogens (tertiary/aromatic N) is 4. The number of allylic oxidation sites excluding steroid dienone is 2. The maximum absolute atomic E-state index is 6.15. The Morgan fingerprint density at radius 3 is 2.54 bits per heavy atom. The van der Waals surface area contributed by atoms with Gasteiger partial charge in [0.05, 0.1) is 28.9 Å². The van der Waals surface area contributed by atoms with Crippen LogP contribution in [0.15, 0.2) is 61.1 Å². The number of fused-ring (bicyclic) bond motifs is 1. The molecule has 0 unspecified atom stereocenters. The second kappa shape index (κ2) is 11.7. The van der Waals surface area contributed by atoms with Gasteiger partial charge in [-0.2, -0.15) is 0 Å². The Labute approximate surface area is 246 Å². The van der Waals surface area contributed by atoms with Gasteiger partial charge in [-0.1, -0.05) is 57.1 Å². The van der Waals surface area contributed by atoms with Crippen LogP contribution in [0.3, 0.4) is 0 Å². The summed E-state index contributed by atoms with van der Waals surface area (Å²) in [4.78, 5) is 14.6. The van der Waals surface area contributed by atoms with Gasteiger partial charge in [0.1, 0.15) is 6.73 Å². The van der Waals surface area contributed by atoms with Crippen molar-refractivity contribution in [1.29, 1.82) is 0 Å². The van der Waals surface area contributed by atoms with Gasteiger partial charge >= 0.3 is 0 Å². The normalized spacial score (nSPS) is 17.2. The highest BCUT2D eigenvalue weighted by atomic mass is 28.3. The van der Waals surface area contributed by atoms with Crippen molar-refractivity contribution in [2.24, 2.45) is 5.41 Å². The van der Waals surface area contributed by atoms with Gasteiger partial charge in [-0.3, -0.25) is 9.97 Å².